The zero-order valence-electron chi connectivity index (χ0n) is 15.3. The second-order valence-corrected chi connectivity index (χ2v) is 7.27. The normalized spacial score (nSPS) is 22.3. The highest BCUT2D eigenvalue weighted by molar-refractivity contribution is 5.83. The Balaban J connectivity index is 1.62. The van der Waals surface area contributed by atoms with Crippen LogP contribution in [-0.2, 0) is 17.3 Å². The minimum absolute atomic E-state index is 0.241. The first-order valence-electron chi connectivity index (χ1n) is 8.98. The van der Waals surface area contributed by atoms with E-state index in [9.17, 15) is 14.3 Å². The molecule has 1 fully saturated rings. The number of ether oxygens (including phenoxy) is 1. The summed E-state index contributed by atoms with van der Waals surface area (Å²) in [6.07, 6.45) is 2.89. The fourth-order valence-corrected chi connectivity index (χ4v) is 4.17. The number of carbonyl (C=O) groups is 1. The van der Waals surface area contributed by atoms with E-state index in [0.717, 1.165) is 10.9 Å². The molecule has 0 amide bonds. The molecule has 1 aliphatic carbocycles. The number of hydrogen-bond donors (Lipinski definition) is 1. The van der Waals surface area contributed by atoms with Crippen LogP contribution in [0.5, 0.6) is 5.75 Å². The Morgan fingerprint density at radius 1 is 1.37 bits per heavy atom. The van der Waals surface area contributed by atoms with E-state index < -0.39 is 11.4 Å². The van der Waals surface area contributed by atoms with Crippen molar-refractivity contribution in [3.8, 4) is 5.75 Å². The van der Waals surface area contributed by atoms with Crippen LogP contribution >= 0.6 is 0 Å². The Hall–Kier alpha value is -2.89. The van der Waals surface area contributed by atoms with Gasteiger partial charge in [-0.05, 0) is 49.1 Å². The van der Waals surface area contributed by atoms with Crippen molar-refractivity contribution in [3.63, 3.8) is 0 Å². The highest BCUT2D eigenvalue weighted by atomic mass is 19.1. The van der Waals surface area contributed by atoms with E-state index in [1.165, 1.54) is 6.07 Å². The molecule has 2 unspecified atom stereocenters. The molecular weight excluding hydrogens is 347 g/mol. The van der Waals surface area contributed by atoms with Gasteiger partial charge >= 0.3 is 5.97 Å². The number of aliphatic carboxylic acids is 1. The van der Waals surface area contributed by atoms with Gasteiger partial charge in [0.05, 0.1) is 17.1 Å². The summed E-state index contributed by atoms with van der Waals surface area (Å²) in [4.78, 5) is 12.2. The van der Waals surface area contributed by atoms with E-state index in [1.54, 1.807) is 29.9 Å². The average molecular weight is 368 g/mol. The summed E-state index contributed by atoms with van der Waals surface area (Å²) < 4.78 is 21.9. The number of fused-ring (bicyclic) bond motifs is 1. The number of aryl methyl sites for hydroxylation is 1. The number of hydrogen-bond acceptors (Lipinski definition) is 3. The van der Waals surface area contributed by atoms with Crippen LogP contribution in [0.25, 0.3) is 10.9 Å². The molecule has 1 aromatic heterocycles. The Labute approximate surface area is 156 Å². The number of carboxylic acid groups (broad SMARTS) is 1. The van der Waals surface area contributed by atoms with Gasteiger partial charge in [-0.2, -0.15) is 5.10 Å². The monoisotopic (exact) mass is 368 g/mol. The molecule has 0 radical (unpaired) electrons. The van der Waals surface area contributed by atoms with Crippen LogP contribution in [0.2, 0.25) is 0 Å². The quantitative estimate of drug-likeness (QED) is 0.757. The van der Waals surface area contributed by atoms with E-state index in [0.29, 0.717) is 36.1 Å². The van der Waals surface area contributed by atoms with E-state index >= 15 is 0 Å². The molecule has 5 nitrogen and oxygen atoms in total. The molecular formula is C21H21FN2O3. The summed E-state index contributed by atoms with van der Waals surface area (Å²) >= 11 is 0. The smallest absolute Gasteiger partial charge is 0.314 e. The fraction of sp³-hybridized carbons (Fsp3) is 0.333. The van der Waals surface area contributed by atoms with Gasteiger partial charge < -0.3 is 9.84 Å². The van der Waals surface area contributed by atoms with Crippen molar-refractivity contribution in [3.05, 3.63) is 59.5 Å². The summed E-state index contributed by atoms with van der Waals surface area (Å²) in [6.45, 7) is 1.64. The van der Waals surface area contributed by atoms with Crippen molar-refractivity contribution in [1.82, 2.24) is 9.78 Å². The zero-order valence-corrected chi connectivity index (χ0v) is 15.3. The first-order chi connectivity index (χ1) is 12.9. The minimum atomic E-state index is -1.12. The van der Waals surface area contributed by atoms with Gasteiger partial charge in [0.2, 0.25) is 0 Å². The van der Waals surface area contributed by atoms with Crippen LogP contribution in [0.1, 0.15) is 30.4 Å². The molecule has 0 spiro atoms. The van der Waals surface area contributed by atoms with E-state index in [4.69, 9.17) is 4.74 Å². The van der Waals surface area contributed by atoms with Gasteiger partial charge in [-0.3, -0.25) is 9.48 Å². The number of carboxylic acids is 1. The van der Waals surface area contributed by atoms with E-state index in [1.807, 2.05) is 25.2 Å². The third-order valence-electron chi connectivity index (χ3n) is 5.69. The standard InChI is InChI=1S/C21H21FN2O3/c1-13-17(4-3-5-18(13)22)21(20(25)26)9-8-16(11-21)27-15-7-6-14-12-23-24(2)19(14)10-15/h3-7,10,12,16H,8-9,11H2,1-2H3,(H,25,26). The molecule has 0 aliphatic heterocycles. The van der Waals surface area contributed by atoms with Gasteiger partial charge in [-0.15, -0.1) is 0 Å². The predicted molar refractivity (Wildman–Crippen MR) is 99.4 cm³/mol. The van der Waals surface area contributed by atoms with Crippen LogP contribution < -0.4 is 4.74 Å². The molecule has 2 aromatic carbocycles. The predicted octanol–water partition coefficient (Wildman–Crippen LogP) is 3.97. The van der Waals surface area contributed by atoms with E-state index in [2.05, 4.69) is 5.10 Å². The second-order valence-electron chi connectivity index (χ2n) is 7.27. The molecule has 6 heteroatoms. The van der Waals surface area contributed by atoms with Gasteiger partial charge in [0.1, 0.15) is 17.7 Å². The summed E-state index contributed by atoms with van der Waals surface area (Å²) in [5.74, 6) is -0.614. The number of halogens is 1. The first kappa shape index (κ1) is 17.5. The summed E-state index contributed by atoms with van der Waals surface area (Å²) in [5, 5.41) is 15.2. The SMILES string of the molecule is Cc1c(F)cccc1C1(C(=O)O)CCC(Oc2ccc3cnn(C)c3c2)C1. The molecule has 3 aromatic rings. The van der Waals surface area contributed by atoms with E-state index in [-0.39, 0.29) is 11.9 Å². The number of aromatic nitrogens is 2. The molecule has 140 valence electrons. The maximum absolute atomic E-state index is 14.0. The molecule has 1 N–H and O–H groups in total. The lowest BCUT2D eigenvalue weighted by molar-refractivity contribution is -0.144. The van der Waals surface area contributed by atoms with Gasteiger partial charge in [0.15, 0.2) is 0 Å². The molecule has 1 aliphatic rings. The summed E-state index contributed by atoms with van der Waals surface area (Å²) in [6, 6.07) is 10.4. The minimum Gasteiger partial charge on any atom is -0.490 e. The maximum Gasteiger partial charge on any atom is 0.314 e. The second kappa shape index (κ2) is 6.37. The molecule has 4 rings (SSSR count). The lowest BCUT2D eigenvalue weighted by atomic mass is 9.76. The van der Waals surface area contributed by atoms with Crippen LogP contribution in [0, 0.1) is 12.7 Å². The fourth-order valence-electron chi connectivity index (χ4n) is 4.17. The first-order valence-corrected chi connectivity index (χ1v) is 8.98. The largest absolute Gasteiger partial charge is 0.490 e. The van der Waals surface area contributed by atoms with Crippen molar-refractivity contribution < 1.29 is 19.0 Å². The Kier molecular flexibility index (Phi) is 4.13. The van der Waals surface area contributed by atoms with Crippen molar-refractivity contribution >= 4 is 16.9 Å². The van der Waals surface area contributed by atoms with Gasteiger partial charge in [0, 0.05) is 24.9 Å². The Morgan fingerprint density at radius 2 is 2.19 bits per heavy atom. The summed E-state index contributed by atoms with van der Waals surface area (Å²) in [5.41, 5.74) is 0.782. The lowest BCUT2D eigenvalue weighted by Gasteiger charge is -2.27. The number of rotatable bonds is 4. The molecule has 0 bridgehead atoms. The van der Waals surface area contributed by atoms with Crippen molar-refractivity contribution in [2.75, 3.05) is 0 Å². The maximum atomic E-state index is 14.0. The molecule has 1 heterocycles. The topological polar surface area (TPSA) is 64.3 Å². The molecule has 0 saturated heterocycles. The lowest BCUT2D eigenvalue weighted by Crippen LogP contribution is -2.35. The third-order valence-corrected chi connectivity index (χ3v) is 5.69. The third kappa shape index (κ3) is 2.85. The molecule has 27 heavy (non-hydrogen) atoms. The number of nitrogens with zero attached hydrogens (tertiary/aromatic N) is 2. The zero-order chi connectivity index (χ0) is 19.2. The van der Waals surface area contributed by atoms with Crippen LogP contribution in [0.15, 0.2) is 42.6 Å². The van der Waals surface area contributed by atoms with Crippen molar-refractivity contribution in [2.24, 2.45) is 7.05 Å². The van der Waals surface area contributed by atoms with Crippen molar-refractivity contribution in [2.45, 2.75) is 37.7 Å². The number of benzene rings is 2. The van der Waals surface area contributed by atoms with Crippen LogP contribution in [0.3, 0.4) is 0 Å². The summed E-state index contributed by atoms with van der Waals surface area (Å²) in [7, 11) is 1.86. The molecule has 2 atom stereocenters. The van der Waals surface area contributed by atoms with Crippen molar-refractivity contribution in [1.29, 1.82) is 0 Å². The van der Waals surface area contributed by atoms with Gasteiger partial charge in [0.25, 0.3) is 0 Å². The van der Waals surface area contributed by atoms with Crippen LogP contribution in [-0.4, -0.2) is 27.0 Å². The van der Waals surface area contributed by atoms with Gasteiger partial charge in [-0.1, -0.05) is 12.1 Å². The Morgan fingerprint density at radius 3 is 2.96 bits per heavy atom. The highest BCUT2D eigenvalue weighted by Crippen LogP contribution is 2.44. The Bertz CT molecular complexity index is 1030. The highest BCUT2D eigenvalue weighted by Gasteiger charge is 2.48. The van der Waals surface area contributed by atoms with Crippen LogP contribution in [0.4, 0.5) is 4.39 Å². The molecule has 1 saturated carbocycles. The van der Waals surface area contributed by atoms with Gasteiger partial charge in [-0.25, -0.2) is 4.39 Å². The average Bonchev–Trinajstić information content (AvgIpc) is 3.23.